The van der Waals surface area contributed by atoms with Gasteiger partial charge in [0.15, 0.2) is 0 Å². The number of benzene rings is 2. The zero-order valence-electron chi connectivity index (χ0n) is 17.5. The summed E-state index contributed by atoms with van der Waals surface area (Å²) in [4.78, 5) is 24.5. The fourth-order valence-electron chi connectivity index (χ4n) is 2.88. The first kappa shape index (κ1) is 22.5. The molecule has 0 fully saturated rings. The summed E-state index contributed by atoms with van der Waals surface area (Å²) >= 11 is 0. The smallest absolute Gasteiger partial charge is 0.255 e. The van der Waals surface area contributed by atoms with Crippen LogP contribution in [0.3, 0.4) is 0 Å². The van der Waals surface area contributed by atoms with Crippen molar-refractivity contribution in [2.24, 2.45) is 0 Å². The van der Waals surface area contributed by atoms with Gasteiger partial charge in [0.1, 0.15) is 5.75 Å². The summed E-state index contributed by atoms with van der Waals surface area (Å²) < 4.78 is 5.68. The molecule has 2 aromatic carbocycles. The molecule has 29 heavy (non-hydrogen) atoms. The fourth-order valence-corrected chi connectivity index (χ4v) is 2.88. The maximum atomic E-state index is 12.5. The van der Waals surface area contributed by atoms with Crippen LogP contribution in [0.5, 0.6) is 5.75 Å². The molecule has 0 aromatic heterocycles. The number of anilines is 2. The number of hydrogen-bond acceptors (Lipinski definition) is 3. The molecule has 2 rings (SSSR count). The van der Waals surface area contributed by atoms with Crippen LogP contribution in [0.15, 0.2) is 48.5 Å². The van der Waals surface area contributed by atoms with Gasteiger partial charge in [-0.25, -0.2) is 0 Å². The monoisotopic (exact) mass is 396 g/mol. The zero-order chi connectivity index (χ0) is 20.9. The third-order valence-corrected chi connectivity index (χ3v) is 4.54. The van der Waals surface area contributed by atoms with Gasteiger partial charge in [-0.1, -0.05) is 45.6 Å². The highest BCUT2D eigenvalue weighted by molar-refractivity contribution is 6.04. The van der Waals surface area contributed by atoms with Crippen molar-refractivity contribution in [3.63, 3.8) is 0 Å². The van der Waals surface area contributed by atoms with E-state index in [2.05, 4.69) is 24.5 Å². The van der Waals surface area contributed by atoms with Gasteiger partial charge in [-0.05, 0) is 55.3 Å². The van der Waals surface area contributed by atoms with Crippen molar-refractivity contribution in [3.8, 4) is 5.75 Å². The highest BCUT2D eigenvalue weighted by Crippen LogP contribution is 2.18. The summed E-state index contributed by atoms with van der Waals surface area (Å²) in [6.45, 7) is 4.96. The number of rotatable bonds is 12. The summed E-state index contributed by atoms with van der Waals surface area (Å²) in [6.07, 6.45) is 6.87. The number of carbonyl (C=O) groups excluding carboxylic acids is 2. The molecule has 0 radical (unpaired) electrons. The molecule has 0 bridgehead atoms. The van der Waals surface area contributed by atoms with E-state index in [1.165, 1.54) is 0 Å². The third-order valence-electron chi connectivity index (χ3n) is 4.54. The van der Waals surface area contributed by atoms with E-state index in [0.717, 1.165) is 44.3 Å². The molecule has 2 aromatic rings. The second-order valence-electron chi connectivity index (χ2n) is 7.12. The lowest BCUT2D eigenvalue weighted by molar-refractivity contribution is -0.116. The highest BCUT2D eigenvalue weighted by Gasteiger charge is 2.08. The molecule has 0 aliphatic carbocycles. The molecule has 0 aliphatic heterocycles. The van der Waals surface area contributed by atoms with Crippen molar-refractivity contribution in [2.45, 2.75) is 58.8 Å². The first-order chi connectivity index (χ1) is 14.1. The summed E-state index contributed by atoms with van der Waals surface area (Å²) in [6, 6.07) is 14.3. The third kappa shape index (κ3) is 8.38. The quantitative estimate of drug-likeness (QED) is 0.431. The highest BCUT2D eigenvalue weighted by atomic mass is 16.5. The Bertz CT molecular complexity index is 772. The van der Waals surface area contributed by atoms with Crippen LogP contribution >= 0.6 is 0 Å². The average Bonchev–Trinajstić information content (AvgIpc) is 2.72. The van der Waals surface area contributed by atoms with Crippen LogP contribution in [0.2, 0.25) is 0 Å². The largest absolute Gasteiger partial charge is 0.494 e. The van der Waals surface area contributed by atoms with E-state index in [9.17, 15) is 9.59 Å². The molecule has 0 aliphatic rings. The van der Waals surface area contributed by atoms with Crippen LogP contribution in [-0.4, -0.2) is 18.4 Å². The van der Waals surface area contributed by atoms with Crippen LogP contribution in [0.1, 0.15) is 69.2 Å². The lowest BCUT2D eigenvalue weighted by Gasteiger charge is -2.10. The molecule has 156 valence electrons. The van der Waals surface area contributed by atoms with Gasteiger partial charge >= 0.3 is 0 Å². The van der Waals surface area contributed by atoms with E-state index < -0.39 is 0 Å². The summed E-state index contributed by atoms with van der Waals surface area (Å²) in [5, 5.41) is 5.76. The van der Waals surface area contributed by atoms with Gasteiger partial charge in [-0.3, -0.25) is 9.59 Å². The lowest BCUT2D eigenvalue weighted by atomic mass is 10.2. The molecule has 0 spiro atoms. The van der Waals surface area contributed by atoms with Gasteiger partial charge in [-0.15, -0.1) is 0 Å². The SMILES string of the molecule is CCCCCOc1ccc(C(=O)Nc2cccc(NC(=O)CCCCC)c2)cc1. The number of ether oxygens (including phenoxy) is 1. The van der Waals surface area contributed by atoms with Gasteiger partial charge in [0.25, 0.3) is 5.91 Å². The minimum absolute atomic E-state index is 0.00329. The molecule has 0 saturated carbocycles. The van der Waals surface area contributed by atoms with E-state index >= 15 is 0 Å². The molecule has 5 nitrogen and oxygen atoms in total. The number of unbranched alkanes of at least 4 members (excludes halogenated alkanes) is 4. The Morgan fingerprint density at radius 3 is 2.17 bits per heavy atom. The molecular weight excluding hydrogens is 364 g/mol. The summed E-state index contributed by atoms with van der Waals surface area (Å²) in [5.41, 5.74) is 1.88. The van der Waals surface area contributed by atoms with Crippen molar-refractivity contribution in [1.82, 2.24) is 0 Å². The number of hydrogen-bond donors (Lipinski definition) is 2. The first-order valence-electron chi connectivity index (χ1n) is 10.6. The maximum absolute atomic E-state index is 12.5. The lowest BCUT2D eigenvalue weighted by Crippen LogP contribution is -2.13. The van der Waals surface area contributed by atoms with Crippen LogP contribution in [0.25, 0.3) is 0 Å². The van der Waals surface area contributed by atoms with E-state index in [1.54, 1.807) is 24.3 Å². The van der Waals surface area contributed by atoms with Gasteiger partial charge in [0.05, 0.1) is 6.61 Å². The molecule has 0 unspecified atom stereocenters. The number of carbonyl (C=O) groups is 2. The van der Waals surface area contributed by atoms with Crippen LogP contribution in [0.4, 0.5) is 11.4 Å². The predicted molar refractivity (Wildman–Crippen MR) is 119 cm³/mol. The van der Waals surface area contributed by atoms with Crippen molar-refractivity contribution < 1.29 is 14.3 Å². The van der Waals surface area contributed by atoms with Gasteiger partial charge in [-0.2, -0.15) is 0 Å². The van der Waals surface area contributed by atoms with Crippen molar-refractivity contribution in [1.29, 1.82) is 0 Å². The molecule has 2 amide bonds. The van der Waals surface area contributed by atoms with Crippen LogP contribution in [-0.2, 0) is 4.79 Å². The Kier molecular flexibility index (Phi) is 9.76. The normalized spacial score (nSPS) is 10.4. The second-order valence-corrected chi connectivity index (χ2v) is 7.12. The number of amides is 2. The Morgan fingerprint density at radius 1 is 0.828 bits per heavy atom. The predicted octanol–water partition coefficient (Wildman–Crippen LogP) is 6.03. The van der Waals surface area contributed by atoms with Gasteiger partial charge < -0.3 is 15.4 Å². The molecule has 0 saturated heterocycles. The van der Waals surface area contributed by atoms with E-state index in [-0.39, 0.29) is 11.8 Å². The Labute approximate surface area is 173 Å². The zero-order valence-corrected chi connectivity index (χ0v) is 17.5. The van der Waals surface area contributed by atoms with Crippen molar-refractivity contribution in [2.75, 3.05) is 17.2 Å². The van der Waals surface area contributed by atoms with Gasteiger partial charge in [0.2, 0.25) is 5.91 Å². The maximum Gasteiger partial charge on any atom is 0.255 e. The van der Waals surface area contributed by atoms with Crippen molar-refractivity contribution in [3.05, 3.63) is 54.1 Å². The molecule has 2 N–H and O–H groups in total. The molecule has 5 heteroatoms. The minimum Gasteiger partial charge on any atom is -0.494 e. The summed E-state index contributed by atoms with van der Waals surface area (Å²) in [7, 11) is 0. The fraction of sp³-hybridized carbons (Fsp3) is 0.417. The topological polar surface area (TPSA) is 67.4 Å². The molecule has 0 heterocycles. The van der Waals surface area contributed by atoms with Crippen LogP contribution < -0.4 is 15.4 Å². The average molecular weight is 397 g/mol. The van der Waals surface area contributed by atoms with E-state index in [0.29, 0.717) is 30.0 Å². The second kappa shape index (κ2) is 12.6. The Balaban J connectivity index is 1.87. The first-order valence-corrected chi connectivity index (χ1v) is 10.6. The Morgan fingerprint density at radius 2 is 1.48 bits per heavy atom. The Hall–Kier alpha value is -2.82. The number of nitrogens with one attached hydrogen (secondary N) is 2. The van der Waals surface area contributed by atoms with E-state index in [1.807, 2.05) is 24.3 Å². The van der Waals surface area contributed by atoms with Crippen molar-refractivity contribution >= 4 is 23.2 Å². The molecular formula is C24H32N2O3. The van der Waals surface area contributed by atoms with Gasteiger partial charge in [0, 0.05) is 23.4 Å². The summed E-state index contributed by atoms with van der Waals surface area (Å²) in [5.74, 6) is 0.566. The van der Waals surface area contributed by atoms with E-state index in [4.69, 9.17) is 4.74 Å². The molecule has 0 atom stereocenters. The van der Waals surface area contributed by atoms with Crippen LogP contribution in [0, 0.1) is 0 Å². The standard InChI is InChI=1S/C24H32N2O3/c1-3-5-7-12-23(27)25-20-10-9-11-21(18-20)26-24(28)19-13-15-22(16-14-19)29-17-8-6-4-2/h9-11,13-16,18H,3-8,12,17H2,1-2H3,(H,25,27)(H,26,28). The minimum atomic E-state index is -0.200.